The van der Waals surface area contributed by atoms with Crippen LogP contribution in [0.2, 0.25) is 5.15 Å². The Kier molecular flexibility index (Phi) is 3.54. The van der Waals surface area contributed by atoms with Crippen LogP contribution in [0.25, 0.3) is 0 Å². The van der Waals surface area contributed by atoms with Crippen molar-refractivity contribution in [1.82, 2.24) is 4.98 Å². The Balaban J connectivity index is 2.34. The average Bonchev–Trinajstić information content (AvgIpc) is 2.71. The number of carbonyl (C=O) groups is 1. The fourth-order valence-corrected chi connectivity index (χ4v) is 2.55. The zero-order valence-electron chi connectivity index (χ0n) is 9.85. The maximum atomic E-state index is 10.9. The number of thiazole rings is 1. The molecule has 0 saturated carbocycles. The SMILES string of the molecule is Cc1ccc(N(C)c2nc(Cl)c(C(=O)O)s2)cc1. The van der Waals surface area contributed by atoms with Gasteiger partial charge in [0.05, 0.1) is 0 Å². The summed E-state index contributed by atoms with van der Waals surface area (Å²) in [5.41, 5.74) is 2.10. The molecular formula is C12H11ClN2O2S. The molecule has 0 saturated heterocycles. The lowest BCUT2D eigenvalue weighted by Gasteiger charge is -2.15. The van der Waals surface area contributed by atoms with Crippen LogP contribution in [-0.2, 0) is 0 Å². The lowest BCUT2D eigenvalue weighted by molar-refractivity contribution is 0.0702. The maximum absolute atomic E-state index is 10.9. The summed E-state index contributed by atoms with van der Waals surface area (Å²) >= 11 is 6.85. The molecule has 2 aromatic rings. The maximum Gasteiger partial charge on any atom is 0.349 e. The highest BCUT2D eigenvalue weighted by Gasteiger charge is 2.18. The first-order valence-electron chi connectivity index (χ1n) is 5.19. The molecular weight excluding hydrogens is 272 g/mol. The predicted molar refractivity (Wildman–Crippen MR) is 73.3 cm³/mol. The molecule has 0 spiro atoms. The minimum atomic E-state index is -1.05. The molecule has 1 aromatic heterocycles. The second kappa shape index (κ2) is 4.96. The number of hydrogen-bond donors (Lipinski definition) is 1. The smallest absolute Gasteiger partial charge is 0.349 e. The topological polar surface area (TPSA) is 53.4 Å². The first kappa shape index (κ1) is 12.9. The van der Waals surface area contributed by atoms with Gasteiger partial charge in [0.2, 0.25) is 0 Å². The summed E-state index contributed by atoms with van der Waals surface area (Å²) in [7, 11) is 1.82. The highest BCUT2D eigenvalue weighted by Crippen LogP contribution is 2.32. The normalized spacial score (nSPS) is 10.4. The van der Waals surface area contributed by atoms with Gasteiger partial charge >= 0.3 is 5.97 Å². The van der Waals surface area contributed by atoms with E-state index >= 15 is 0 Å². The van der Waals surface area contributed by atoms with Gasteiger partial charge in [0, 0.05) is 12.7 Å². The Morgan fingerprint density at radius 3 is 2.50 bits per heavy atom. The highest BCUT2D eigenvalue weighted by atomic mass is 35.5. The number of benzene rings is 1. The largest absolute Gasteiger partial charge is 0.477 e. The van der Waals surface area contributed by atoms with Crippen molar-refractivity contribution in [3.05, 3.63) is 39.9 Å². The Morgan fingerprint density at radius 2 is 2.00 bits per heavy atom. The average molecular weight is 283 g/mol. The predicted octanol–water partition coefficient (Wildman–Crippen LogP) is 3.57. The van der Waals surface area contributed by atoms with E-state index in [0.29, 0.717) is 5.13 Å². The second-order valence-corrected chi connectivity index (χ2v) is 5.15. The molecule has 4 nitrogen and oxygen atoms in total. The number of rotatable bonds is 3. The van der Waals surface area contributed by atoms with Crippen molar-refractivity contribution in [2.24, 2.45) is 0 Å². The number of aromatic nitrogens is 1. The zero-order valence-corrected chi connectivity index (χ0v) is 11.4. The van der Waals surface area contributed by atoms with Crippen LogP contribution in [-0.4, -0.2) is 23.1 Å². The van der Waals surface area contributed by atoms with Gasteiger partial charge in [-0.15, -0.1) is 0 Å². The van der Waals surface area contributed by atoms with Gasteiger partial charge < -0.3 is 10.0 Å². The summed E-state index contributed by atoms with van der Waals surface area (Å²) in [4.78, 5) is 16.8. The number of nitrogens with zero attached hydrogens (tertiary/aromatic N) is 2. The summed E-state index contributed by atoms with van der Waals surface area (Å²) in [6, 6.07) is 7.87. The van der Waals surface area contributed by atoms with Crippen LogP contribution in [0.3, 0.4) is 0 Å². The van der Waals surface area contributed by atoms with Crippen LogP contribution in [0.15, 0.2) is 24.3 Å². The second-order valence-electron chi connectivity index (χ2n) is 3.82. The lowest BCUT2D eigenvalue weighted by atomic mass is 10.2. The standard InChI is InChI=1S/C12H11ClN2O2S/c1-7-3-5-8(6-4-7)15(2)12-14-10(13)9(18-12)11(16)17/h3-6H,1-2H3,(H,16,17). The van der Waals surface area contributed by atoms with Gasteiger partial charge in [-0.05, 0) is 19.1 Å². The Morgan fingerprint density at radius 1 is 1.39 bits per heavy atom. The fraction of sp³-hybridized carbons (Fsp3) is 0.167. The van der Waals surface area contributed by atoms with Gasteiger partial charge in [-0.1, -0.05) is 40.6 Å². The van der Waals surface area contributed by atoms with Crippen molar-refractivity contribution in [3.8, 4) is 0 Å². The molecule has 0 radical (unpaired) electrons. The Bertz CT molecular complexity index is 580. The minimum absolute atomic E-state index is 0.0291. The third-order valence-corrected chi connectivity index (χ3v) is 3.98. The number of anilines is 2. The molecule has 0 bridgehead atoms. The molecule has 0 amide bonds. The number of aryl methyl sites for hydroxylation is 1. The van der Waals surface area contributed by atoms with E-state index in [0.717, 1.165) is 22.6 Å². The van der Waals surface area contributed by atoms with Crippen LogP contribution in [0.1, 0.15) is 15.2 Å². The molecule has 94 valence electrons. The molecule has 1 aromatic carbocycles. The van der Waals surface area contributed by atoms with E-state index < -0.39 is 5.97 Å². The molecule has 0 fully saturated rings. The van der Waals surface area contributed by atoms with Crippen molar-refractivity contribution < 1.29 is 9.90 Å². The summed E-state index contributed by atoms with van der Waals surface area (Å²) in [6.45, 7) is 2.01. The van der Waals surface area contributed by atoms with Crippen LogP contribution >= 0.6 is 22.9 Å². The molecule has 0 aliphatic heterocycles. The van der Waals surface area contributed by atoms with Gasteiger partial charge in [0.25, 0.3) is 0 Å². The fourth-order valence-electron chi connectivity index (χ4n) is 1.45. The molecule has 0 aliphatic carbocycles. The molecule has 18 heavy (non-hydrogen) atoms. The van der Waals surface area contributed by atoms with E-state index in [1.54, 1.807) is 0 Å². The summed E-state index contributed by atoms with van der Waals surface area (Å²) in [6.07, 6.45) is 0. The molecule has 1 N–H and O–H groups in total. The molecule has 0 unspecified atom stereocenters. The van der Waals surface area contributed by atoms with Crippen LogP contribution in [0.5, 0.6) is 0 Å². The lowest BCUT2D eigenvalue weighted by Crippen LogP contribution is -2.08. The first-order valence-corrected chi connectivity index (χ1v) is 6.38. The van der Waals surface area contributed by atoms with Gasteiger partial charge in [0.15, 0.2) is 15.2 Å². The first-order chi connectivity index (χ1) is 8.49. The van der Waals surface area contributed by atoms with Crippen LogP contribution < -0.4 is 4.90 Å². The van der Waals surface area contributed by atoms with E-state index in [-0.39, 0.29) is 10.0 Å². The van der Waals surface area contributed by atoms with Gasteiger partial charge in [0.1, 0.15) is 0 Å². The molecule has 1 heterocycles. The number of carboxylic acids is 1. The van der Waals surface area contributed by atoms with Crippen molar-refractivity contribution in [3.63, 3.8) is 0 Å². The van der Waals surface area contributed by atoms with E-state index in [9.17, 15) is 4.79 Å². The van der Waals surface area contributed by atoms with Gasteiger partial charge in [-0.25, -0.2) is 9.78 Å². The molecule has 0 atom stereocenters. The van der Waals surface area contributed by atoms with E-state index in [1.807, 2.05) is 43.1 Å². The molecule has 0 aliphatic rings. The quantitative estimate of drug-likeness (QED) is 0.935. The third kappa shape index (κ3) is 2.47. The molecule has 6 heteroatoms. The summed E-state index contributed by atoms with van der Waals surface area (Å²) in [5.74, 6) is -1.05. The van der Waals surface area contributed by atoms with Crippen molar-refractivity contribution >= 4 is 39.7 Å². The van der Waals surface area contributed by atoms with E-state index in [1.165, 1.54) is 0 Å². The number of halogens is 1. The number of carboxylic acid groups (broad SMARTS) is 1. The number of aromatic carboxylic acids is 1. The Labute approximate surface area is 113 Å². The van der Waals surface area contributed by atoms with Crippen molar-refractivity contribution in [1.29, 1.82) is 0 Å². The third-order valence-electron chi connectivity index (χ3n) is 2.48. The van der Waals surface area contributed by atoms with E-state index in [4.69, 9.17) is 16.7 Å². The van der Waals surface area contributed by atoms with Gasteiger partial charge in [-0.3, -0.25) is 0 Å². The highest BCUT2D eigenvalue weighted by molar-refractivity contribution is 7.18. The van der Waals surface area contributed by atoms with E-state index in [2.05, 4.69) is 4.98 Å². The van der Waals surface area contributed by atoms with Crippen molar-refractivity contribution in [2.75, 3.05) is 11.9 Å². The Hall–Kier alpha value is -1.59. The minimum Gasteiger partial charge on any atom is -0.477 e. The van der Waals surface area contributed by atoms with Crippen LogP contribution in [0.4, 0.5) is 10.8 Å². The monoisotopic (exact) mass is 282 g/mol. The zero-order chi connectivity index (χ0) is 13.3. The molecule has 2 rings (SSSR count). The summed E-state index contributed by atoms with van der Waals surface area (Å²) in [5, 5.41) is 9.52. The van der Waals surface area contributed by atoms with Crippen LogP contribution in [0, 0.1) is 6.92 Å². The van der Waals surface area contributed by atoms with Gasteiger partial charge in [-0.2, -0.15) is 0 Å². The number of hydrogen-bond acceptors (Lipinski definition) is 4. The summed E-state index contributed by atoms with van der Waals surface area (Å²) < 4.78 is 0. The van der Waals surface area contributed by atoms with Crippen molar-refractivity contribution in [2.45, 2.75) is 6.92 Å².